The second-order valence-corrected chi connectivity index (χ2v) is 25.8. The minimum Gasteiger partial charge on any atom is -0.394 e. The van der Waals surface area contributed by atoms with Crippen molar-refractivity contribution in [3.05, 3.63) is 105 Å². The zero-order chi connectivity index (χ0) is 112. The molecule has 0 spiro atoms. The van der Waals surface area contributed by atoms with Crippen molar-refractivity contribution < 1.29 is 128 Å². The predicted octanol–water partition coefficient (Wildman–Crippen LogP) is 6.55. The van der Waals surface area contributed by atoms with Gasteiger partial charge in [-0.05, 0) is 111 Å². The molecule has 0 radical (unpaired) electrons. The van der Waals surface area contributed by atoms with Gasteiger partial charge in [0.15, 0.2) is 66.4 Å². The fraction of sp³-hybridized carbons (Fsp3) is 0.583. The van der Waals surface area contributed by atoms with Crippen molar-refractivity contribution in [2.24, 2.45) is 0 Å². The molecule has 30 nitrogen and oxygen atoms in total. The van der Waals surface area contributed by atoms with Crippen LogP contribution in [0.1, 0.15) is 202 Å². The zero-order valence-corrected chi connectivity index (χ0v) is 59.6. The molecule has 9 aromatic rings. The Morgan fingerprint density at radius 3 is 1.11 bits per heavy atom. The molecule has 36 heteroatoms. The standard InChI is InChI=1S/3C24H31FN6O4S/c3*1-3-8-36-24-27-22(26-16-10-14(16)13-5-4-12(2)15(25)9-13)19-23(28-24)31(30-29-19)17-11-18(35-7-6-32)21(34)20(17)33/h3*4-5,9,14,16-18,20-21,32-34H,3,6-8,10-11H2,1-2H3,(H,26,27,28)/t3*14-,16+,17+,18-,20-,21+/m000/s1/i4D,5D,7D2,8D2,9D,11D2,16D,17D,18D,20D,21D;4D,5D,6D2,8D2,9D,11D2,16D,17D,18D,20D,21D;4D,5D,8D2,9D,11D2,16D,17D,18D,20D,21D. The third kappa shape index (κ3) is 17.5. The van der Waals surface area contributed by atoms with Crippen molar-refractivity contribution >= 4 is 86.2 Å². The Labute approximate surface area is 689 Å². The van der Waals surface area contributed by atoms with E-state index in [1.807, 2.05) is 0 Å². The minimum atomic E-state index is -4.19. The van der Waals surface area contributed by atoms with Crippen LogP contribution in [0.15, 0.2) is 69.9 Å². The minimum absolute atomic E-state index is 0.0658. The molecule has 0 bridgehead atoms. The highest BCUT2D eigenvalue weighted by atomic mass is 32.2. The monoisotopic (exact) mass is 1590 g/mol. The number of nitrogens with one attached hydrogen (secondary N) is 3. The molecule has 0 unspecified atom stereocenters. The highest BCUT2D eigenvalue weighted by Gasteiger charge is 2.49. The maximum absolute atomic E-state index is 14.8. The van der Waals surface area contributed by atoms with Crippen LogP contribution in [0.3, 0.4) is 0 Å². The highest BCUT2D eigenvalue weighted by molar-refractivity contribution is 7.99. The summed E-state index contributed by atoms with van der Waals surface area (Å²) < 4.78 is 395. The summed E-state index contributed by atoms with van der Waals surface area (Å²) in [7, 11) is 0. The fourth-order valence-electron chi connectivity index (χ4n) is 10.2. The van der Waals surface area contributed by atoms with Crippen LogP contribution in [0.5, 0.6) is 0 Å². The third-order valence-corrected chi connectivity index (χ3v) is 18.1. The summed E-state index contributed by atoms with van der Waals surface area (Å²) in [4.78, 5) is 25.0. The van der Waals surface area contributed by atoms with Crippen LogP contribution in [0.2, 0.25) is 0 Å². The molecule has 582 valence electrons. The van der Waals surface area contributed by atoms with Crippen LogP contribution < -0.4 is 16.0 Å². The zero-order valence-electron chi connectivity index (χ0n) is 97.1. The summed E-state index contributed by atoms with van der Waals surface area (Å²) in [6.45, 7) is -3.12. The molecule has 3 aromatic carbocycles. The van der Waals surface area contributed by atoms with Gasteiger partial charge in [0, 0.05) is 88.5 Å². The van der Waals surface area contributed by atoms with Crippen LogP contribution in [0.25, 0.3) is 33.5 Å². The number of benzene rings is 3. The number of rotatable bonds is 30. The molecule has 6 saturated carbocycles. The first kappa shape index (κ1) is 43.0. The lowest BCUT2D eigenvalue weighted by molar-refractivity contribution is -0.0629. The summed E-state index contributed by atoms with van der Waals surface area (Å²) in [6.07, 6.45) is -48.2. The van der Waals surface area contributed by atoms with Gasteiger partial charge >= 0.3 is 0 Å². The van der Waals surface area contributed by atoms with Gasteiger partial charge in [-0.15, -0.1) is 15.3 Å². The molecule has 18 atom stereocenters. The number of anilines is 3. The van der Waals surface area contributed by atoms with Crippen LogP contribution in [0, 0.1) is 38.2 Å². The quantitative estimate of drug-likeness (QED) is 0.0168. The van der Waals surface area contributed by atoms with E-state index in [0.29, 0.717) is 35.3 Å². The lowest BCUT2D eigenvalue weighted by Gasteiger charge is -2.17. The Morgan fingerprint density at radius 1 is 0.481 bits per heavy atom. The van der Waals surface area contributed by atoms with Crippen molar-refractivity contribution in [3.63, 3.8) is 0 Å². The number of aromatic nitrogens is 15. The molecule has 0 aliphatic heterocycles. The van der Waals surface area contributed by atoms with Crippen LogP contribution in [-0.4, -0.2) is 250 Å². The van der Waals surface area contributed by atoms with Crippen molar-refractivity contribution in [1.29, 1.82) is 0 Å². The van der Waals surface area contributed by atoms with Gasteiger partial charge in [0.2, 0.25) is 0 Å². The number of ether oxygens (including phenoxy) is 3. The second-order valence-electron chi connectivity index (χ2n) is 23.2. The molecular weight excluding hydrogens is 1460 g/mol. The molecule has 6 heterocycles. The number of thioether (sulfide) groups is 3. The van der Waals surface area contributed by atoms with E-state index in [-0.39, 0.29) is 91.8 Å². The number of aliphatic hydroxyl groups is 9. The molecule has 108 heavy (non-hydrogen) atoms. The van der Waals surface area contributed by atoms with Gasteiger partial charge in [-0.2, -0.15) is 0 Å². The lowest BCUT2D eigenvalue weighted by atomic mass is 10.1. The summed E-state index contributed by atoms with van der Waals surface area (Å²) in [5.74, 6) is -7.50. The normalized spacial score (nSPS) is 45.3. The van der Waals surface area contributed by atoms with E-state index in [1.54, 1.807) is 0 Å². The van der Waals surface area contributed by atoms with Crippen LogP contribution in [0.4, 0.5) is 30.6 Å². The Bertz CT molecular complexity index is 6740. The summed E-state index contributed by atoms with van der Waals surface area (Å²) in [5, 5.41) is 124. The van der Waals surface area contributed by atoms with E-state index in [0.717, 1.165) is 0 Å². The van der Waals surface area contributed by atoms with Gasteiger partial charge in [0.1, 0.15) is 53.9 Å². The first-order chi connectivity index (χ1) is 67.1. The highest BCUT2D eigenvalue weighted by Crippen LogP contribution is 2.48. The molecule has 0 saturated heterocycles. The van der Waals surface area contributed by atoms with Crippen LogP contribution >= 0.6 is 35.3 Å². The summed E-state index contributed by atoms with van der Waals surface area (Å²) in [6, 6.07) is -21.7. The number of halogens is 3. The summed E-state index contributed by atoms with van der Waals surface area (Å²) in [5.41, 5.74) is -11.1. The van der Waals surface area contributed by atoms with E-state index in [4.69, 9.17) is 64.3 Å². The van der Waals surface area contributed by atoms with E-state index in [1.165, 1.54) is 41.5 Å². The molecule has 12 N–H and O–H groups in total. The molecule has 6 aromatic heterocycles. The van der Waals surface area contributed by atoms with Gasteiger partial charge in [-0.25, -0.2) is 57.1 Å². The van der Waals surface area contributed by atoms with E-state index >= 15 is 0 Å². The topological polar surface area (TPSA) is 415 Å². The number of hydrogen-bond donors (Lipinski definition) is 12. The van der Waals surface area contributed by atoms with Gasteiger partial charge < -0.3 is 76.1 Å². The Morgan fingerprint density at radius 2 is 0.806 bits per heavy atom. The maximum Gasteiger partial charge on any atom is 0.191 e. The van der Waals surface area contributed by atoms with E-state index in [9.17, 15) is 59.1 Å². The lowest BCUT2D eigenvalue weighted by Crippen LogP contribution is -2.33. The Kier molecular flexibility index (Phi) is 14.0. The molecule has 0 amide bonds. The average molecular weight is 1600 g/mol. The Hall–Kier alpha value is -7.14. The van der Waals surface area contributed by atoms with Crippen molar-refractivity contribution in [2.45, 2.75) is 223 Å². The molecular formula is C72H93F3N18O12S3. The van der Waals surface area contributed by atoms with Crippen molar-refractivity contribution in [3.8, 4) is 0 Å². The maximum atomic E-state index is 14.8. The van der Waals surface area contributed by atoms with Crippen molar-refractivity contribution in [2.75, 3.05) is 72.6 Å². The molecule has 6 aliphatic rings. The predicted molar refractivity (Wildman–Crippen MR) is 398 cm³/mol. The largest absolute Gasteiger partial charge is 0.394 e. The van der Waals surface area contributed by atoms with Gasteiger partial charge in [-0.1, -0.05) is 108 Å². The Balaban J connectivity index is 0.000000185. The fourth-order valence-corrected chi connectivity index (χ4v) is 11.8. The SMILES string of the molecule is [2H]c1c([2H])c([C@@H]2C[C@@]2([2H])Nc2nc(SC([2H])([2H])CC)nc3c2nnn3[C@]2([2H])C([2H])([2H])[C@]([2H])(OC([2H])([2H])CO)[C@@]([2H])(O)[C@@]2([2H])O)c([2H])c(F)c1C.[2H]c1c([2H])c([C@@H]2C[C@@]2([2H])Nc2nc(SC([2H])([2H])CC)nc3c2nnn3[C@]2([2H])C([2H])([2H])[C@]([2H])(OCC([2H])([2H])O)[C@@]([2H])(O)[C@@]2([2H])O)c([2H])c(F)c1C.[2H]c1c([2H])c([C@@H]2C[C@@]2([2H])Nc2nc(SC([2H])([2H])CC)nc3c2nnn3[C@]2([2H])C([2H])([2H])[C@]([2H])(OCCO)[C@@]([2H])(O)[C@@]2([2H])O)c([2H])c(F)c1C. The number of hydrogen-bond acceptors (Lipinski definition) is 30. The molecule has 15 rings (SSSR count). The van der Waals surface area contributed by atoms with Gasteiger partial charge in [-0.3, -0.25) is 0 Å². The summed E-state index contributed by atoms with van der Waals surface area (Å²) >= 11 is 1.29. The number of nitrogens with zero attached hydrogens (tertiary/aromatic N) is 15. The average Bonchev–Trinajstić information content (AvgIpc) is 1.49. The van der Waals surface area contributed by atoms with Crippen LogP contribution in [-0.2, 0) is 14.2 Å². The second kappa shape index (κ2) is 35.1. The smallest absolute Gasteiger partial charge is 0.191 e. The third-order valence-electron chi connectivity index (χ3n) is 15.8. The number of fused-ring (bicyclic) bond motifs is 3. The first-order valence-electron chi connectivity index (χ1n) is 52.4. The van der Waals surface area contributed by atoms with E-state index in [2.05, 4.69) is 81.5 Å². The van der Waals surface area contributed by atoms with Gasteiger partial charge in [0.05, 0.1) is 114 Å². The molecule has 6 fully saturated rings. The number of aliphatic hydroxyl groups excluding tert-OH is 2. The molecule has 6 aliphatic carbocycles. The van der Waals surface area contributed by atoms with Crippen molar-refractivity contribution in [1.82, 2.24) is 74.9 Å². The van der Waals surface area contributed by atoms with Gasteiger partial charge in [0.25, 0.3) is 0 Å². The van der Waals surface area contributed by atoms with E-state index < -0.39 is 317 Å². The first-order valence-corrected chi connectivity index (χ1v) is 34.9.